The molecule has 2 aliphatic carbocycles. The van der Waals surface area contributed by atoms with Gasteiger partial charge in [-0.1, -0.05) is 75.4 Å². The molecular weight excluding hydrogens is 416 g/mol. The van der Waals surface area contributed by atoms with E-state index in [0.29, 0.717) is 23.6 Å². The lowest BCUT2D eigenvalue weighted by Crippen LogP contribution is -2.43. The minimum atomic E-state index is 0.395. The summed E-state index contributed by atoms with van der Waals surface area (Å²) in [5, 5.41) is 9.85. The number of fused-ring (bicyclic) bond motifs is 1. The molecule has 0 aromatic heterocycles. The smallest absolute Gasteiger partial charge is 0.115 e. The summed E-state index contributed by atoms with van der Waals surface area (Å²) in [5.41, 5.74) is 5.58. The average Bonchev–Trinajstić information content (AvgIpc) is 2.88. The van der Waals surface area contributed by atoms with E-state index in [-0.39, 0.29) is 0 Å². The van der Waals surface area contributed by atoms with Gasteiger partial charge < -0.3 is 10.0 Å². The monoisotopic (exact) mass is 458 g/mol. The van der Waals surface area contributed by atoms with Crippen LogP contribution in [0.15, 0.2) is 66.8 Å². The molecule has 0 spiro atoms. The van der Waals surface area contributed by atoms with Crippen molar-refractivity contribution in [3.05, 3.63) is 89.0 Å². The molecule has 2 unspecified atom stereocenters. The highest BCUT2D eigenvalue weighted by molar-refractivity contribution is 5.37. The van der Waals surface area contributed by atoms with Gasteiger partial charge in [-0.15, -0.1) is 0 Å². The molecule has 0 saturated heterocycles. The van der Waals surface area contributed by atoms with Crippen LogP contribution in [0, 0.1) is 11.8 Å². The Labute approximate surface area is 206 Å². The first-order valence-corrected chi connectivity index (χ1v) is 13.3. The maximum Gasteiger partial charge on any atom is 0.115 e. The first kappa shape index (κ1) is 24.8. The summed E-state index contributed by atoms with van der Waals surface area (Å²) < 4.78 is 0. The topological polar surface area (TPSA) is 26.7 Å². The number of hydrogen-bond acceptors (Lipinski definition) is 3. The Morgan fingerprint density at radius 3 is 2.32 bits per heavy atom. The molecule has 0 radical (unpaired) electrons. The van der Waals surface area contributed by atoms with Crippen LogP contribution in [0.4, 0.5) is 0 Å². The third-order valence-electron chi connectivity index (χ3n) is 8.00. The van der Waals surface area contributed by atoms with Crippen molar-refractivity contribution in [2.24, 2.45) is 11.8 Å². The van der Waals surface area contributed by atoms with Crippen LogP contribution in [-0.4, -0.2) is 47.1 Å². The van der Waals surface area contributed by atoms with Crippen LogP contribution in [-0.2, 0) is 25.8 Å². The number of aromatic hydroxyl groups is 1. The second-order valence-electron chi connectivity index (χ2n) is 9.95. The van der Waals surface area contributed by atoms with Gasteiger partial charge in [0.25, 0.3) is 0 Å². The lowest BCUT2D eigenvalue weighted by molar-refractivity contribution is 0.154. The molecule has 0 bridgehead atoms. The van der Waals surface area contributed by atoms with E-state index in [4.69, 9.17) is 0 Å². The Hall–Kier alpha value is -2.36. The number of allylic oxidation sites excluding steroid dienone is 2. The summed E-state index contributed by atoms with van der Waals surface area (Å²) in [6, 6.07) is 15.7. The van der Waals surface area contributed by atoms with Crippen LogP contribution in [0.25, 0.3) is 0 Å². The minimum Gasteiger partial charge on any atom is -0.508 e. The largest absolute Gasteiger partial charge is 0.508 e. The highest BCUT2D eigenvalue weighted by atomic mass is 16.3. The molecule has 0 amide bonds. The summed E-state index contributed by atoms with van der Waals surface area (Å²) in [4.78, 5) is 5.13. The van der Waals surface area contributed by atoms with Gasteiger partial charge >= 0.3 is 0 Å². The molecule has 0 fully saturated rings. The van der Waals surface area contributed by atoms with E-state index in [2.05, 4.69) is 85.2 Å². The second-order valence-corrected chi connectivity index (χ2v) is 9.95. The molecule has 2 aliphatic rings. The van der Waals surface area contributed by atoms with E-state index in [0.717, 1.165) is 52.0 Å². The fourth-order valence-electron chi connectivity index (χ4n) is 5.81. The van der Waals surface area contributed by atoms with Gasteiger partial charge in [-0.3, -0.25) is 4.90 Å². The molecule has 3 heteroatoms. The van der Waals surface area contributed by atoms with Gasteiger partial charge in [0.15, 0.2) is 0 Å². The first-order valence-electron chi connectivity index (χ1n) is 13.3. The van der Waals surface area contributed by atoms with Crippen molar-refractivity contribution in [2.45, 2.75) is 59.0 Å². The number of phenolic OH excluding ortho intramolecular Hbond substituents is 1. The molecular formula is C31H42N2O. The molecule has 3 nitrogen and oxygen atoms in total. The van der Waals surface area contributed by atoms with Crippen LogP contribution < -0.4 is 0 Å². The van der Waals surface area contributed by atoms with E-state index < -0.39 is 0 Å². The van der Waals surface area contributed by atoms with Crippen molar-refractivity contribution in [3.63, 3.8) is 0 Å². The predicted molar refractivity (Wildman–Crippen MR) is 143 cm³/mol. The normalized spacial score (nSPS) is 21.9. The number of hydrogen-bond donors (Lipinski definition) is 1. The van der Waals surface area contributed by atoms with Crippen LogP contribution in [0.3, 0.4) is 0 Å². The Kier molecular flexibility index (Phi) is 8.64. The zero-order chi connectivity index (χ0) is 23.9. The summed E-state index contributed by atoms with van der Waals surface area (Å²) in [7, 11) is 0. The predicted octanol–water partition coefficient (Wildman–Crippen LogP) is 6.01. The molecule has 1 N–H and O–H groups in total. The van der Waals surface area contributed by atoms with E-state index in [9.17, 15) is 5.11 Å². The zero-order valence-electron chi connectivity index (χ0n) is 21.3. The third kappa shape index (κ3) is 6.00. The Bertz CT molecular complexity index is 973. The van der Waals surface area contributed by atoms with E-state index in [1.54, 1.807) is 0 Å². The summed E-state index contributed by atoms with van der Waals surface area (Å²) in [6.45, 7) is 12.2. The van der Waals surface area contributed by atoms with Crippen LogP contribution in [0.1, 0.15) is 49.4 Å². The lowest BCUT2D eigenvalue weighted by Gasteiger charge is -2.40. The summed E-state index contributed by atoms with van der Waals surface area (Å²) >= 11 is 0. The molecule has 0 saturated carbocycles. The van der Waals surface area contributed by atoms with Gasteiger partial charge in [-0.2, -0.15) is 0 Å². The molecule has 182 valence electrons. The van der Waals surface area contributed by atoms with E-state index in [1.165, 1.54) is 28.7 Å². The third-order valence-corrected chi connectivity index (χ3v) is 8.00. The van der Waals surface area contributed by atoms with Gasteiger partial charge in [0.2, 0.25) is 0 Å². The van der Waals surface area contributed by atoms with Crippen molar-refractivity contribution in [1.29, 1.82) is 0 Å². The van der Waals surface area contributed by atoms with Gasteiger partial charge in [-0.25, -0.2) is 0 Å². The van der Waals surface area contributed by atoms with Crippen molar-refractivity contribution in [3.8, 4) is 5.75 Å². The highest BCUT2D eigenvalue weighted by Crippen LogP contribution is 2.37. The summed E-state index contributed by atoms with van der Waals surface area (Å²) in [5.74, 6) is 1.56. The summed E-state index contributed by atoms with van der Waals surface area (Å²) in [6.07, 6.45) is 13.8. The number of aryl methyl sites for hydroxylation is 1. The SMILES string of the molecule is CCN(CC)CCc1ccc(CN(CC)C2C=CC=CC2[C@@H]2CCc3cc(O)ccc3C2)cc1. The van der Waals surface area contributed by atoms with E-state index >= 15 is 0 Å². The van der Waals surface area contributed by atoms with E-state index in [1.807, 2.05) is 12.1 Å². The van der Waals surface area contributed by atoms with Crippen molar-refractivity contribution >= 4 is 0 Å². The molecule has 2 aromatic rings. The quantitative estimate of drug-likeness (QED) is 0.472. The Morgan fingerprint density at radius 1 is 0.853 bits per heavy atom. The van der Waals surface area contributed by atoms with Gasteiger partial charge in [0, 0.05) is 19.1 Å². The van der Waals surface area contributed by atoms with Crippen molar-refractivity contribution < 1.29 is 5.11 Å². The Balaban J connectivity index is 1.41. The number of nitrogens with zero attached hydrogens (tertiary/aromatic N) is 2. The number of phenols is 1. The number of likely N-dealkylation sites (N-methyl/N-ethyl adjacent to an activating group) is 2. The molecule has 3 atom stereocenters. The van der Waals surface area contributed by atoms with Crippen LogP contribution in [0.2, 0.25) is 0 Å². The number of rotatable bonds is 10. The van der Waals surface area contributed by atoms with Gasteiger partial charge in [0.1, 0.15) is 5.75 Å². The zero-order valence-corrected chi connectivity index (χ0v) is 21.3. The molecule has 4 rings (SSSR count). The van der Waals surface area contributed by atoms with Crippen LogP contribution in [0.5, 0.6) is 5.75 Å². The van der Waals surface area contributed by atoms with Crippen molar-refractivity contribution in [1.82, 2.24) is 9.80 Å². The highest BCUT2D eigenvalue weighted by Gasteiger charge is 2.33. The minimum absolute atomic E-state index is 0.395. The maximum absolute atomic E-state index is 9.85. The fourth-order valence-corrected chi connectivity index (χ4v) is 5.81. The first-order chi connectivity index (χ1) is 16.6. The van der Waals surface area contributed by atoms with Crippen LogP contribution >= 0.6 is 0 Å². The molecule has 34 heavy (non-hydrogen) atoms. The molecule has 0 heterocycles. The number of benzene rings is 2. The fraction of sp³-hybridized carbons (Fsp3) is 0.484. The van der Waals surface area contributed by atoms with Gasteiger partial charge in [0.05, 0.1) is 0 Å². The maximum atomic E-state index is 9.85. The second kappa shape index (κ2) is 11.9. The standard InChI is InChI=1S/C31H42N2O/c1-4-32(5-2)20-19-24-11-13-25(14-12-24)23-33(6-3)31-10-8-7-9-30(31)28-16-15-27-22-29(34)18-17-26(27)21-28/h7-14,17-18,22,28,30-31,34H,4-6,15-16,19-21,23H2,1-3H3/t28-,30?,31?/m1/s1. The molecule has 0 aliphatic heterocycles. The lowest BCUT2D eigenvalue weighted by atomic mass is 9.73. The molecule has 2 aromatic carbocycles. The average molecular weight is 459 g/mol. The van der Waals surface area contributed by atoms with Gasteiger partial charge in [-0.05, 0) is 91.5 Å². The van der Waals surface area contributed by atoms with Crippen molar-refractivity contribution in [2.75, 3.05) is 26.2 Å². The Morgan fingerprint density at radius 2 is 1.59 bits per heavy atom.